The average Bonchev–Trinajstić information content (AvgIpc) is 2.30. The van der Waals surface area contributed by atoms with Crippen LogP contribution >= 0.6 is 11.8 Å². The Morgan fingerprint density at radius 3 is 2.50 bits per heavy atom. The van der Waals surface area contributed by atoms with Crippen molar-refractivity contribution >= 4 is 27.5 Å². The minimum atomic E-state index is -3.17. The van der Waals surface area contributed by atoms with Gasteiger partial charge in [-0.15, -0.1) is 11.8 Å². The smallest absolute Gasteiger partial charge is 0.214 e. The Kier molecular flexibility index (Phi) is 5.49. The Morgan fingerprint density at radius 1 is 1.33 bits per heavy atom. The quantitative estimate of drug-likeness (QED) is 0.642. The van der Waals surface area contributed by atoms with Crippen molar-refractivity contribution in [3.8, 4) is 0 Å². The fraction of sp³-hybridized carbons (Fsp3) is 0.500. The number of anilines is 1. The third-order valence-electron chi connectivity index (χ3n) is 2.68. The van der Waals surface area contributed by atoms with Gasteiger partial charge in [-0.2, -0.15) is 0 Å². The molecule has 0 amide bonds. The maximum absolute atomic E-state index is 11.9. The third-order valence-corrected chi connectivity index (χ3v) is 6.05. The summed E-state index contributed by atoms with van der Waals surface area (Å²) in [5.41, 5.74) is 6.49. The van der Waals surface area contributed by atoms with E-state index < -0.39 is 10.0 Å². The van der Waals surface area contributed by atoms with E-state index in [9.17, 15) is 8.42 Å². The van der Waals surface area contributed by atoms with Crippen LogP contribution in [0.2, 0.25) is 0 Å². The van der Waals surface area contributed by atoms with Crippen LogP contribution in [-0.2, 0) is 10.0 Å². The van der Waals surface area contributed by atoms with Gasteiger partial charge >= 0.3 is 0 Å². The largest absolute Gasteiger partial charge is 0.398 e. The van der Waals surface area contributed by atoms with Crippen molar-refractivity contribution in [2.24, 2.45) is 0 Å². The fourth-order valence-electron chi connectivity index (χ4n) is 1.33. The molecule has 0 saturated carbocycles. The molecule has 0 aromatic heterocycles. The molecule has 1 rings (SSSR count). The van der Waals surface area contributed by atoms with Gasteiger partial charge in [0.15, 0.2) is 0 Å². The number of nitrogen functional groups attached to an aromatic ring is 1. The molecule has 0 radical (unpaired) electrons. The Morgan fingerprint density at radius 2 is 1.94 bits per heavy atom. The van der Waals surface area contributed by atoms with E-state index in [1.165, 1.54) is 16.1 Å². The predicted octanol–water partition coefficient (Wildman–Crippen LogP) is 2.03. The molecular weight excluding hydrogens is 268 g/mol. The van der Waals surface area contributed by atoms with Crippen molar-refractivity contribution in [3.05, 3.63) is 24.3 Å². The molecule has 1 aromatic rings. The maximum atomic E-state index is 11.9. The lowest BCUT2D eigenvalue weighted by Crippen LogP contribution is -2.35. The molecule has 4 nitrogen and oxygen atoms in total. The highest BCUT2D eigenvalue weighted by Gasteiger charge is 2.20. The molecule has 2 N–H and O–H groups in total. The molecule has 0 heterocycles. The number of benzene rings is 1. The number of hydrogen-bond acceptors (Lipinski definition) is 4. The molecule has 1 aromatic carbocycles. The van der Waals surface area contributed by atoms with Crippen molar-refractivity contribution in [2.45, 2.75) is 24.8 Å². The van der Waals surface area contributed by atoms with Gasteiger partial charge in [-0.3, -0.25) is 0 Å². The Hall–Kier alpha value is -0.720. The minimum Gasteiger partial charge on any atom is -0.398 e. The summed E-state index contributed by atoms with van der Waals surface area (Å²) < 4.78 is 25.3. The zero-order valence-corrected chi connectivity index (χ0v) is 12.6. The van der Waals surface area contributed by atoms with Crippen molar-refractivity contribution in [2.75, 3.05) is 24.3 Å². The number of thioether (sulfide) groups is 1. The number of nitrogens with two attached hydrogens (primary N) is 1. The van der Waals surface area contributed by atoms with Crippen LogP contribution in [0.5, 0.6) is 0 Å². The third kappa shape index (κ3) is 4.19. The van der Waals surface area contributed by atoms with Gasteiger partial charge in [0, 0.05) is 29.4 Å². The molecule has 18 heavy (non-hydrogen) atoms. The van der Waals surface area contributed by atoms with E-state index in [1.807, 2.05) is 38.1 Å². The van der Waals surface area contributed by atoms with Crippen LogP contribution in [0.3, 0.4) is 0 Å². The normalized spacial score (nSPS) is 12.3. The molecule has 0 saturated heterocycles. The predicted molar refractivity (Wildman–Crippen MR) is 78.3 cm³/mol. The summed E-state index contributed by atoms with van der Waals surface area (Å²) in [5, 5.41) is 0. The highest BCUT2D eigenvalue weighted by Crippen LogP contribution is 2.24. The molecule has 0 aliphatic heterocycles. The monoisotopic (exact) mass is 288 g/mol. The van der Waals surface area contributed by atoms with Gasteiger partial charge < -0.3 is 5.73 Å². The second-order valence-corrected chi connectivity index (χ2v) is 7.60. The van der Waals surface area contributed by atoms with Gasteiger partial charge in [0.1, 0.15) is 0 Å². The molecule has 0 spiro atoms. The highest BCUT2D eigenvalue weighted by atomic mass is 32.2. The van der Waals surface area contributed by atoms with Crippen molar-refractivity contribution < 1.29 is 8.42 Å². The van der Waals surface area contributed by atoms with Crippen molar-refractivity contribution in [3.63, 3.8) is 0 Å². The van der Waals surface area contributed by atoms with Gasteiger partial charge in [-0.05, 0) is 26.0 Å². The summed E-state index contributed by atoms with van der Waals surface area (Å²) in [6, 6.07) is 7.47. The number of rotatable bonds is 6. The van der Waals surface area contributed by atoms with Crippen LogP contribution in [0.4, 0.5) is 5.69 Å². The summed E-state index contributed by atoms with van der Waals surface area (Å²) in [5.74, 6) is 0.633. The lowest BCUT2D eigenvalue weighted by molar-refractivity contribution is 0.411. The summed E-state index contributed by atoms with van der Waals surface area (Å²) >= 11 is 1.47. The van der Waals surface area contributed by atoms with E-state index in [4.69, 9.17) is 5.73 Å². The molecular formula is C12H20N2O2S2. The van der Waals surface area contributed by atoms with Gasteiger partial charge in [-0.1, -0.05) is 12.1 Å². The maximum Gasteiger partial charge on any atom is 0.214 e. The molecule has 0 bridgehead atoms. The SMILES string of the molecule is CC(C)N(C)S(=O)(=O)CCSc1ccccc1N. The molecule has 0 fully saturated rings. The first-order chi connectivity index (χ1) is 8.34. The van der Waals surface area contributed by atoms with Crippen LogP contribution in [0.25, 0.3) is 0 Å². The molecule has 102 valence electrons. The van der Waals surface area contributed by atoms with E-state index in [1.54, 1.807) is 7.05 Å². The lowest BCUT2D eigenvalue weighted by Gasteiger charge is -2.20. The van der Waals surface area contributed by atoms with Gasteiger partial charge in [-0.25, -0.2) is 12.7 Å². The summed E-state index contributed by atoms with van der Waals surface area (Å²) in [6.07, 6.45) is 0. The Balaban J connectivity index is 2.55. The lowest BCUT2D eigenvalue weighted by atomic mass is 10.3. The molecule has 0 aliphatic carbocycles. The van der Waals surface area contributed by atoms with E-state index in [0.717, 1.165) is 4.90 Å². The molecule has 0 aliphatic rings. The summed E-state index contributed by atoms with van der Waals surface area (Å²) in [7, 11) is -1.56. The summed E-state index contributed by atoms with van der Waals surface area (Å²) in [4.78, 5) is 0.930. The number of nitrogens with zero attached hydrogens (tertiary/aromatic N) is 1. The van der Waals surface area contributed by atoms with Gasteiger partial charge in [0.2, 0.25) is 10.0 Å². The molecule has 6 heteroatoms. The van der Waals surface area contributed by atoms with Gasteiger partial charge in [0.05, 0.1) is 5.75 Å². The first kappa shape index (κ1) is 15.3. The average molecular weight is 288 g/mol. The van der Waals surface area contributed by atoms with Crippen LogP contribution in [0, 0.1) is 0 Å². The topological polar surface area (TPSA) is 63.4 Å². The zero-order valence-electron chi connectivity index (χ0n) is 11.0. The van der Waals surface area contributed by atoms with E-state index >= 15 is 0 Å². The van der Waals surface area contributed by atoms with E-state index in [2.05, 4.69) is 0 Å². The minimum absolute atomic E-state index is 0.0122. The number of para-hydroxylation sites is 1. The first-order valence-electron chi connectivity index (χ1n) is 5.77. The van der Waals surface area contributed by atoms with Crippen LogP contribution in [-0.4, -0.2) is 37.3 Å². The van der Waals surface area contributed by atoms with Crippen LogP contribution in [0.15, 0.2) is 29.2 Å². The Bertz CT molecular complexity index is 487. The molecule has 0 unspecified atom stereocenters. The van der Waals surface area contributed by atoms with Crippen molar-refractivity contribution in [1.82, 2.24) is 4.31 Å². The standard InChI is InChI=1S/C12H20N2O2S2/c1-10(2)14(3)18(15,16)9-8-17-12-7-5-4-6-11(12)13/h4-7,10H,8-9,13H2,1-3H3. The first-order valence-corrected chi connectivity index (χ1v) is 8.37. The van der Waals surface area contributed by atoms with Crippen molar-refractivity contribution in [1.29, 1.82) is 0 Å². The molecule has 0 atom stereocenters. The Labute approximate surface area is 114 Å². The second kappa shape index (κ2) is 6.45. The second-order valence-electron chi connectivity index (χ2n) is 4.31. The number of hydrogen-bond donors (Lipinski definition) is 1. The van der Waals surface area contributed by atoms with E-state index in [0.29, 0.717) is 11.4 Å². The van der Waals surface area contributed by atoms with Crippen LogP contribution < -0.4 is 5.73 Å². The van der Waals surface area contributed by atoms with E-state index in [-0.39, 0.29) is 11.8 Å². The highest BCUT2D eigenvalue weighted by molar-refractivity contribution is 8.00. The summed E-state index contributed by atoms with van der Waals surface area (Å²) in [6.45, 7) is 3.72. The van der Waals surface area contributed by atoms with Gasteiger partial charge in [0.25, 0.3) is 0 Å². The zero-order chi connectivity index (χ0) is 13.8. The fourth-order valence-corrected chi connectivity index (χ4v) is 4.07. The van der Waals surface area contributed by atoms with Crippen LogP contribution in [0.1, 0.15) is 13.8 Å². The number of sulfonamides is 1.